The van der Waals surface area contributed by atoms with E-state index in [4.69, 9.17) is 5.73 Å². The number of aromatic nitrogens is 1. The lowest BCUT2D eigenvalue weighted by molar-refractivity contribution is -0.142. The largest absolute Gasteiger partial charge is 0.507 e. The molecule has 3 N–H and O–H groups in total. The molecule has 1 atom stereocenters. The Bertz CT molecular complexity index is 574. The summed E-state index contributed by atoms with van der Waals surface area (Å²) in [4.78, 5) is 11.4. The van der Waals surface area contributed by atoms with Crippen LogP contribution in [0.2, 0.25) is 0 Å². The molecule has 0 spiro atoms. The van der Waals surface area contributed by atoms with Crippen molar-refractivity contribution in [2.75, 3.05) is 7.11 Å². The number of benzene rings is 1. The Morgan fingerprint density at radius 2 is 2.24 bits per heavy atom. The van der Waals surface area contributed by atoms with Crippen LogP contribution in [0.4, 0.5) is 0 Å². The van der Waals surface area contributed by atoms with E-state index in [0.29, 0.717) is 11.1 Å². The quantitative estimate of drug-likeness (QED) is 0.761. The lowest BCUT2D eigenvalue weighted by Gasteiger charge is -2.10. The van der Waals surface area contributed by atoms with Crippen molar-refractivity contribution in [3.05, 3.63) is 30.0 Å². The summed E-state index contributed by atoms with van der Waals surface area (Å²) in [6.45, 7) is 0. The maximum Gasteiger partial charge on any atom is 0.328 e. The molecule has 0 saturated heterocycles. The van der Waals surface area contributed by atoms with E-state index in [-0.39, 0.29) is 5.75 Å². The molecule has 0 radical (unpaired) electrons. The molecule has 5 heteroatoms. The van der Waals surface area contributed by atoms with Gasteiger partial charge in [0.05, 0.1) is 12.6 Å². The highest BCUT2D eigenvalue weighted by Crippen LogP contribution is 2.29. The number of aromatic hydroxyl groups is 1. The molecule has 0 bridgehead atoms. The highest BCUT2D eigenvalue weighted by Gasteiger charge is 2.21. The van der Waals surface area contributed by atoms with Crippen molar-refractivity contribution in [1.82, 2.24) is 4.57 Å². The van der Waals surface area contributed by atoms with Crippen molar-refractivity contribution in [1.29, 1.82) is 0 Å². The van der Waals surface area contributed by atoms with Gasteiger partial charge in [-0.1, -0.05) is 6.07 Å². The molecule has 0 saturated carbocycles. The molecule has 0 aliphatic carbocycles. The highest BCUT2D eigenvalue weighted by atomic mass is 16.5. The van der Waals surface area contributed by atoms with E-state index in [1.54, 1.807) is 29.8 Å². The van der Waals surface area contributed by atoms with Gasteiger partial charge in [0.15, 0.2) is 0 Å². The number of ether oxygens (including phenoxy) is 1. The van der Waals surface area contributed by atoms with E-state index in [9.17, 15) is 9.90 Å². The van der Waals surface area contributed by atoms with Crippen molar-refractivity contribution < 1.29 is 14.6 Å². The number of nitrogens with two attached hydrogens (primary N) is 1. The number of hydrogen-bond donors (Lipinski definition) is 2. The molecule has 2 aromatic rings. The first-order chi connectivity index (χ1) is 8.06. The summed E-state index contributed by atoms with van der Waals surface area (Å²) in [5.74, 6) is -0.336. The Kier molecular flexibility index (Phi) is 2.77. The molecule has 0 fully saturated rings. The smallest absolute Gasteiger partial charge is 0.328 e. The second-order valence-corrected chi connectivity index (χ2v) is 3.84. The van der Waals surface area contributed by atoms with E-state index >= 15 is 0 Å². The Morgan fingerprint density at radius 1 is 1.53 bits per heavy atom. The van der Waals surface area contributed by atoms with Crippen molar-refractivity contribution >= 4 is 16.9 Å². The number of rotatable bonds is 2. The summed E-state index contributed by atoms with van der Waals surface area (Å²) in [6.07, 6.45) is 0. The van der Waals surface area contributed by atoms with Crippen LogP contribution < -0.4 is 5.73 Å². The first kappa shape index (κ1) is 11.5. The molecule has 0 amide bonds. The van der Waals surface area contributed by atoms with Crippen molar-refractivity contribution in [3.8, 4) is 5.75 Å². The van der Waals surface area contributed by atoms with E-state index in [2.05, 4.69) is 4.74 Å². The zero-order valence-electron chi connectivity index (χ0n) is 9.68. The molecule has 1 unspecified atom stereocenters. The van der Waals surface area contributed by atoms with Crippen LogP contribution in [0.3, 0.4) is 0 Å². The lowest BCUT2D eigenvalue weighted by atomic mass is 10.2. The van der Waals surface area contributed by atoms with Gasteiger partial charge in [-0.2, -0.15) is 0 Å². The number of carbonyl (C=O) groups excluding carboxylic acids is 1. The minimum absolute atomic E-state index is 0.168. The standard InChI is InChI=1S/C12H14N2O3/c1-14-8-4-3-5-10(15)7(8)6-9(14)11(13)12(16)17-2/h3-6,11,15H,13H2,1-2H3. The number of aryl methyl sites for hydroxylation is 1. The molecule has 0 aliphatic rings. The van der Waals surface area contributed by atoms with Crippen molar-refractivity contribution in [2.45, 2.75) is 6.04 Å². The average molecular weight is 234 g/mol. The third kappa shape index (κ3) is 1.74. The van der Waals surface area contributed by atoms with Gasteiger partial charge in [0, 0.05) is 18.1 Å². The summed E-state index contributed by atoms with van der Waals surface area (Å²) in [5, 5.41) is 10.4. The fourth-order valence-electron chi connectivity index (χ4n) is 1.91. The Labute approximate surface area is 98.4 Å². The lowest BCUT2D eigenvalue weighted by Crippen LogP contribution is -2.24. The van der Waals surface area contributed by atoms with E-state index < -0.39 is 12.0 Å². The van der Waals surface area contributed by atoms with Crippen LogP contribution in [0.1, 0.15) is 11.7 Å². The van der Waals surface area contributed by atoms with Gasteiger partial charge < -0.3 is 20.1 Å². The van der Waals surface area contributed by atoms with Gasteiger partial charge in [-0.05, 0) is 18.2 Å². The van der Waals surface area contributed by atoms with Crippen LogP contribution in [0.15, 0.2) is 24.3 Å². The monoisotopic (exact) mass is 234 g/mol. The maximum absolute atomic E-state index is 11.4. The van der Waals surface area contributed by atoms with Crippen LogP contribution in [0, 0.1) is 0 Å². The number of esters is 1. The average Bonchev–Trinajstić information content (AvgIpc) is 2.67. The van der Waals surface area contributed by atoms with Gasteiger partial charge >= 0.3 is 5.97 Å². The van der Waals surface area contributed by atoms with Gasteiger partial charge in [0.1, 0.15) is 11.8 Å². The Morgan fingerprint density at radius 3 is 2.82 bits per heavy atom. The number of hydrogen-bond acceptors (Lipinski definition) is 4. The Balaban J connectivity index is 2.60. The van der Waals surface area contributed by atoms with Crippen LogP contribution in [0.5, 0.6) is 5.75 Å². The number of phenols is 1. The first-order valence-electron chi connectivity index (χ1n) is 5.17. The Hall–Kier alpha value is -2.01. The van der Waals surface area contributed by atoms with Crippen LogP contribution in [-0.4, -0.2) is 22.8 Å². The second-order valence-electron chi connectivity index (χ2n) is 3.84. The predicted octanol–water partition coefficient (Wildman–Crippen LogP) is 1.06. The molecule has 1 aromatic carbocycles. The second kappa shape index (κ2) is 4.10. The number of methoxy groups -OCH3 is 1. The number of nitrogens with zero attached hydrogens (tertiary/aromatic N) is 1. The van der Waals surface area contributed by atoms with Crippen LogP contribution in [-0.2, 0) is 16.6 Å². The third-order valence-corrected chi connectivity index (χ3v) is 2.87. The van der Waals surface area contributed by atoms with E-state index in [1.165, 1.54) is 7.11 Å². The topological polar surface area (TPSA) is 77.5 Å². The fourth-order valence-corrected chi connectivity index (χ4v) is 1.91. The maximum atomic E-state index is 11.4. The summed E-state index contributed by atoms with van der Waals surface area (Å²) in [7, 11) is 3.09. The normalized spacial score (nSPS) is 12.6. The van der Waals surface area contributed by atoms with Gasteiger partial charge in [-0.15, -0.1) is 0 Å². The van der Waals surface area contributed by atoms with E-state index in [1.807, 2.05) is 6.07 Å². The number of phenolic OH excluding ortho intramolecular Hbond substituents is 1. The number of fused-ring (bicyclic) bond motifs is 1. The zero-order valence-corrected chi connectivity index (χ0v) is 9.68. The highest BCUT2D eigenvalue weighted by molar-refractivity contribution is 5.89. The summed E-state index contributed by atoms with van der Waals surface area (Å²) >= 11 is 0. The van der Waals surface area contributed by atoms with Crippen LogP contribution >= 0.6 is 0 Å². The SMILES string of the molecule is COC(=O)C(N)c1cc2c(O)cccc2n1C. The minimum atomic E-state index is -0.850. The molecular weight excluding hydrogens is 220 g/mol. The molecule has 0 aliphatic heterocycles. The number of carbonyl (C=O) groups is 1. The molecule has 1 heterocycles. The van der Waals surface area contributed by atoms with Crippen LogP contribution in [0.25, 0.3) is 10.9 Å². The van der Waals surface area contributed by atoms with Gasteiger partial charge in [-0.3, -0.25) is 0 Å². The molecule has 90 valence electrons. The molecule has 5 nitrogen and oxygen atoms in total. The summed E-state index contributed by atoms with van der Waals surface area (Å²) in [6, 6.07) is 6.03. The fraction of sp³-hybridized carbons (Fsp3) is 0.250. The predicted molar refractivity (Wildman–Crippen MR) is 63.5 cm³/mol. The molecule has 17 heavy (non-hydrogen) atoms. The summed E-state index contributed by atoms with van der Waals surface area (Å²) < 4.78 is 6.38. The minimum Gasteiger partial charge on any atom is -0.507 e. The van der Waals surface area contributed by atoms with E-state index in [0.717, 1.165) is 5.52 Å². The molecule has 2 rings (SSSR count). The summed E-state index contributed by atoms with van der Waals surface area (Å²) in [5.41, 5.74) is 7.21. The van der Waals surface area contributed by atoms with Crippen molar-refractivity contribution in [3.63, 3.8) is 0 Å². The third-order valence-electron chi connectivity index (χ3n) is 2.87. The zero-order chi connectivity index (χ0) is 12.6. The first-order valence-corrected chi connectivity index (χ1v) is 5.17. The van der Waals surface area contributed by atoms with Gasteiger partial charge in [0.25, 0.3) is 0 Å². The molecule has 1 aromatic heterocycles. The van der Waals surface area contributed by atoms with Crippen molar-refractivity contribution in [2.24, 2.45) is 12.8 Å². The molecular formula is C12H14N2O3. The van der Waals surface area contributed by atoms with Gasteiger partial charge in [-0.25, -0.2) is 4.79 Å². The van der Waals surface area contributed by atoms with Gasteiger partial charge in [0.2, 0.25) is 0 Å².